The molecule has 25 heavy (non-hydrogen) atoms. The van der Waals surface area contributed by atoms with Crippen molar-refractivity contribution in [1.29, 1.82) is 0 Å². The maximum Gasteiger partial charge on any atom is 0.279 e. The number of rotatable bonds is 7. The Labute approximate surface area is 157 Å². The normalized spacial score (nSPS) is 11.7. The molecule has 0 radical (unpaired) electrons. The molecule has 1 amide bonds. The van der Waals surface area contributed by atoms with Gasteiger partial charge in [0.05, 0.1) is 42.6 Å². The number of ether oxygens (including phenoxy) is 2. The van der Waals surface area contributed by atoms with Crippen molar-refractivity contribution in [3.63, 3.8) is 0 Å². The molecule has 0 aliphatic heterocycles. The molecule has 0 spiro atoms. The van der Waals surface area contributed by atoms with E-state index in [0.29, 0.717) is 33.8 Å². The number of likely N-dealkylation sites (N-methyl/N-ethyl adjacent to an activating group) is 1. The fraction of sp³-hybridized carbons (Fsp3) is 0.278. The third kappa shape index (κ3) is 5.01. The summed E-state index contributed by atoms with van der Waals surface area (Å²) < 4.78 is 10.7. The van der Waals surface area contributed by atoms with E-state index in [-0.39, 0.29) is 12.5 Å². The Bertz CT molecular complexity index is 733. The lowest BCUT2D eigenvalue weighted by Crippen LogP contribution is -3.08. The predicted molar refractivity (Wildman–Crippen MR) is 100 cm³/mol. The number of carbonyl (C=O) groups excluding carboxylic acids is 1. The zero-order valence-corrected chi connectivity index (χ0v) is 15.9. The summed E-state index contributed by atoms with van der Waals surface area (Å²) in [5.41, 5.74) is 1.39. The van der Waals surface area contributed by atoms with E-state index in [9.17, 15) is 4.79 Å². The van der Waals surface area contributed by atoms with Crippen LogP contribution in [0, 0.1) is 0 Å². The standard InChI is InChI=1S/C18H20Cl2N2O3/c1-22(10-12-6-4-9-15(24-2)18(12)25-3)11-16(23)21-17-13(19)7-5-8-14(17)20/h4-9H,10-11H2,1-3H3,(H,21,23)/p+1. The molecule has 0 heterocycles. The SMILES string of the molecule is COc1cccc(C[NH+](C)CC(=O)Nc2c(Cl)cccc2Cl)c1OC. The van der Waals surface area contributed by atoms with Gasteiger partial charge in [0.1, 0.15) is 6.54 Å². The molecule has 1 unspecified atom stereocenters. The van der Waals surface area contributed by atoms with Crippen LogP contribution in [0.4, 0.5) is 5.69 Å². The number of methoxy groups -OCH3 is 2. The topological polar surface area (TPSA) is 52.0 Å². The van der Waals surface area contributed by atoms with E-state index in [1.807, 2.05) is 25.2 Å². The van der Waals surface area contributed by atoms with E-state index in [4.69, 9.17) is 32.7 Å². The second-order valence-electron chi connectivity index (χ2n) is 5.61. The van der Waals surface area contributed by atoms with Gasteiger partial charge in [0.15, 0.2) is 18.0 Å². The van der Waals surface area contributed by atoms with Gasteiger partial charge in [0.2, 0.25) is 0 Å². The molecular weight excluding hydrogens is 363 g/mol. The van der Waals surface area contributed by atoms with Crippen molar-refractivity contribution < 1.29 is 19.2 Å². The van der Waals surface area contributed by atoms with Gasteiger partial charge >= 0.3 is 0 Å². The number of benzene rings is 2. The number of hydrogen-bond acceptors (Lipinski definition) is 3. The molecule has 2 aromatic rings. The largest absolute Gasteiger partial charge is 0.493 e. The van der Waals surface area contributed by atoms with E-state index in [0.717, 1.165) is 10.5 Å². The Morgan fingerprint density at radius 2 is 1.72 bits per heavy atom. The van der Waals surface area contributed by atoms with Crippen LogP contribution >= 0.6 is 23.2 Å². The van der Waals surface area contributed by atoms with Gasteiger partial charge in [0.25, 0.3) is 5.91 Å². The summed E-state index contributed by atoms with van der Waals surface area (Å²) in [7, 11) is 5.12. The highest BCUT2D eigenvalue weighted by atomic mass is 35.5. The fourth-order valence-electron chi connectivity index (χ4n) is 2.56. The minimum Gasteiger partial charge on any atom is -0.493 e. The van der Waals surface area contributed by atoms with Crippen LogP contribution in [0.5, 0.6) is 11.5 Å². The highest BCUT2D eigenvalue weighted by Crippen LogP contribution is 2.30. The van der Waals surface area contributed by atoms with Crippen LogP contribution in [0.2, 0.25) is 10.0 Å². The van der Waals surface area contributed by atoms with Gasteiger partial charge in [-0.2, -0.15) is 0 Å². The van der Waals surface area contributed by atoms with Gasteiger partial charge in [-0.25, -0.2) is 0 Å². The quantitative estimate of drug-likeness (QED) is 0.772. The number of halogens is 2. The molecule has 0 aliphatic rings. The Morgan fingerprint density at radius 3 is 2.32 bits per heavy atom. The van der Waals surface area contributed by atoms with E-state index in [1.54, 1.807) is 32.4 Å². The fourth-order valence-corrected chi connectivity index (χ4v) is 3.05. The second-order valence-corrected chi connectivity index (χ2v) is 6.42. The van der Waals surface area contributed by atoms with Crippen LogP contribution < -0.4 is 19.7 Å². The molecule has 2 rings (SSSR count). The molecule has 0 saturated carbocycles. The molecule has 0 fully saturated rings. The van der Waals surface area contributed by atoms with E-state index in [2.05, 4.69) is 5.32 Å². The Balaban J connectivity index is 2.03. The maximum atomic E-state index is 12.3. The molecule has 0 aromatic heterocycles. The van der Waals surface area contributed by atoms with Crippen LogP contribution in [-0.2, 0) is 11.3 Å². The number of hydrogen-bond donors (Lipinski definition) is 2. The minimum atomic E-state index is -0.172. The van der Waals surface area contributed by atoms with Crippen molar-refractivity contribution in [1.82, 2.24) is 0 Å². The summed E-state index contributed by atoms with van der Waals surface area (Å²) in [6.45, 7) is 0.853. The summed E-state index contributed by atoms with van der Waals surface area (Å²) in [6.07, 6.45) is 0. The average molecular weight is 384 g/mol. The second kappa shape index (κ2) is 8.94. The maximum absolute atomic E-state index is 12.3. The van der Waals surface area contributed by atoms with Crippen LogP contribution in [0.3, 0.4) is 0 Å². The van der Waals surface area contributed by atoms with Gasteiger partial charge in [-0.3, -0.25) is 4.79 Å². The first kappa shape index (κ1) is 19.4. The molecule has 0 aliphatic carbocycles. The van der Waals surface area contributed by atoms with Crippen molar-refractivity contribution in [2.45, 2.75) is 6.54 Å². The first-order valence-electron chi connectivity index (χ1n) is 7.71. The number of quaternary nitrogens is 1. The summed E-state index contributed by atoms with van der Waals surface area (Å²) >= 11 is 12.2. The van der Waals surface area contributed by atoms with Gasteiger partial charge in [-0.15, -0.1) is 0 Å². The Hall–Kier alpha value is -1.95. The lowest BCUT2D eigenvalue weighted by molar-refractivity contribution is -0.885. The zero-order valence-electron chi connectivity index (χ0n) is 14.4. The lowest BCUT2D eigenvalue weighted by atomic mass is 10.1. The van der Waals surface area contributed by atoms with Crippen LogP contribution in [-0.4, -0.2) is 33.7 Å². The molecular formula is C18H21Cl2N2O3+. The van der Waals surface area contributed by atoms with Crippen LogP contribution in [0.1, 0.15) is 5.56 Å². The number of nitrogens with one attached hydrogen (secondary N) is 2. The van der Waals surface area contributed by atoms with Gasteiger partial charge in [0, 0.05) is 0 Å². The summed E-state index contributed by atoms with van der Waals surface area (Å²) in [4.78, 5) is 13.3. The highest BCUT2D eigenvalue weighted by molar-refractivity contribution is 6.39. The Kier molecular flexibility index (Phi) is 6.93. The smallest absolute Gasteiger partial charge is 0.279 e. The molecule has 1 atom stereocenters. The first-order valence-corrected chi connectivity index (χ1v) is 8.47. The number of para-hydroxylation sites is 2. The average Bonchev–Trinajstić information content (AvgIpc) is 2.57. The van der Waals surface area contributed by atoms with Gasteiger partial charge in [-0.05, 0) is 24.3 Å². The molecule has 0 bridgehead atoms. The highest BCUT2D eigenvalue weighted by Gasteiger charge is 2.17. The molecule has 0 saturated heterocycles. The Morgan fingerprint density at radius 1 is 1.08 bits per heavy atom. The van der Waals surface area contributed by atoms with Gasteiger partial charge < -0.3 is 19.7 Å². The van der Waals surface area contributed by atoms with Crippen LogP contribution in [0.15, 0.2) is 36.4 Å². The number of carbonyl (C=O) groups is 1. The zero-order chi connectivity index (χ0) is 18.4. The first-order chi connectivity index (χ1) is 12.0. The van der Waals surface area contributed by atoms with Crippen molar-refractivity contribution >= 4 is 34.8 Å². The third-order valence-electron chi connectivity index (χ3n) is 3.67. The monoisotopic (exact) mass is 383 g/mol. The predicted octanol–water partition coefficient (Wildman–Crippen LogP) is 2.66. The molecule has 7 heteroatoms. The summed E-state index contributed by atoms with van der Waals surface area (Å²) in [5, 5.41) is 3.59. The third-order valence-corrected chi connectivity index (χ3v) is 4.30. The molecule has 134 valence electrons. The number of amides is 1. The van der Waals surface area contributed by atoms with E-state index < -0.39 is 0 Å². The summed E-state index contributed by atoms with van der Waals surface area (Å²) in [5.74, 6) is 1.17. The molecule has 2 aromatic carbocycles. The van der Waals surface area contributed by atoms with Crippen molar-refractivity contribution in [3.05, 3.63) is 52.0 Å². The number of anilines is 1. The minimum absolute atomic E-state index is 0.172. The molecule has 5 nitrogen and oxygen atoms in total. The van der Waals surface area contributed by atoms with Crippen LogP contribution in [0.25, 0.3) is 0 Å². The van der Waals surface area contributed by atoms with Gasteiger partial charge in [-0.1, -0.05) is 35.3 Å². The van der Waals surface area contributed by atoms with E-state index >= 15 is 0 Å². The summed E-state index contributed by atoms with van der Waals surface area (Å²) in [6, 6.07) is 10.8. The lowest BCUT2D eigenvalue weighted by Gasteiger charge is -2.17. The van der Waals surface area contributed by atoms with Crippen molar-refractivity contribution in [2.24, 2.45) is 0 Å². The van der Waals surface area contributed by atoms with Crippen molar-refractivity contribution in [2.75, 3.05) is 33.1 Å². The van der Waals surface area contributed by atoms with Crippen molar-refractivity contribution in [3.8, 4) is 11.5 Å². The molecule has 2 N–H and O–H groups in total. The van der Waals surface area contributed by atoms with E-state index in [1.165, 1.54) is 0 Å².